The molecule has 86 valence electrons. The number of nitrogens with two attached hydrogens (primary N) is 1. The Morgan fingerprint density at radius 2 is 2.12 bits per heavy atom. The van der Waals surface area contributed by atoms with Gasteiger partial charge in [-0.25, -0.2) is 0 Å². The van der Waals surface area contributed by atoms with Gasteiger partial charge in [0.25, 0.3) is 5.91 Å². The molecule has 0 aliphatic heterocycles. The molecule has 0 unspecified atom stereocenters. The van der Waals surface area contributed by atoms with Crippen LogP contribution in [0.25, 0.3) is 0 Å². The van der Waals surface area contributed by atoms with Crippen LogP contribution in [0, 0.1) is 0 Å². The third-order valence-electron chi connectivity index (χ3n) is 3.44. The first kappa shape index (κ1) is 9.75. The van der Waals surface area contributed by atoms with Gasteiger partial charge in [0.2, 0.25) is 0 Å². The van der Waals surface area contributed by atoms with Crippen LogP contribution in [0.4, 0.5) is 5.69 Å². The Morgan fingerprint density at radius 3 is 2.69 bits per heavy atom. The predicted molar refractivity (Wildman–Crippen MR) is 62.2 cm³/mol. The van der Waals surface area contributed by atoms with Crippen LogP contribution >= 0.6 is 0 Å². The van der Waals surface area contributed by atoms with E-state index in [-0.39, 0.29) is 5.91 Å². The summed E-state index contributed by atoms with van der Waals surface area (Å²) in [4.78, 5) is 14.1. The zero-order chi connectivity index (χ0) is 11.3. The third kappa shape index (κ3) is 1.58. The summed E-state index contributed by atoms with van der Waals surface area (Å²) in [6.07, 6.45) is 6.51. The number of aromatic nitrogens is 1. The van der Waals surface area contributed by atoms with Crippen LogP contribution in [-0.2, 0) is 0 Å². The largest absolute Gasteiger partial charge is 0.397 e. The lowest BCUT2D eigenvalue weighted by atomic mass is 10.3. The highest BCUT2D eigenvalue weighted by atomic mass is 16.2. The molecule has 0 spiro atoms. The molecule has 4 nitrogen and oxygen atoms in total. The van der Waals surface area contributed by atoms with Crippen LogP contribution in [0.15, 0.2) is 12.3 Å². The van der Waals surface area contributed by atoms with Gasteiger partial charge < -0.3 is 15.2 Å². The van der Waals surface area contributed by atoms with Crippen molar-refractivity contribution >= 4 is 11.6 Å². The van der Waals surface area contributed by atoms with Crippen LogP contribution in [0.1, 0.15) is 42.2 Å². The molecule has 0 aromatic carbocycles. The Hall–Kier alpha value is -1.45. The molecule has 1 amide bonds. The van der Waals surface area contributed by atoms with E-state index in [0.717, 1.165) is 18.5 Å². The number of anilines is 1. The van der Waals surface area contributed by atoms with Crippen LogP contribution < -0.4 is 5.73 Å². The van der Waals surface area contributed by atoms with Crippen molar-refractivity contribution in [2.75, 3.05) is 12.8 Å². The van der Waals surface area contributed by atoms with Crippen molar-refractivity contribution < 1.29 is 4.79 Å². The maximum absolute atomic E-state index is 12.2. The molecule has 4 heteroatoms. The molecule has 1 heterocycles. The van der Waals surface area contributed by atoms with Gasteiger partial charge in [0.1, 0.15) is 5.69 Å². The van der Waals surface area contributed by atoms with Crippen molar-refractivity contribution in [3.8, 4) is 0 Å². The van der Waals surface area contributed by atoms with Crippen molar-refractivity contribution in [2.24, 2.45) is 0 Å². The molecule has 2 fully saturated rings. The van der Waals surface area contributed by atoms with Gasteiger partial charge in [-0.2, -0.15) is 0 Å². The van der Waals surface area contributed by atoms with Gasteiger partial charge in [-0.1, -0.05) is 0 Å². The predicted octanol–water partition coefficient (Wildman–Crippen LogP) is 1.64. The summed E-state index contributed by atoms with van der Waals surface area (Å²) in [5, 5.41) is 0. The smallest absolute Gasteiger partial charge is 0.270 e. The fourth-order valence-electron chi connectivity index (χ4n) is 2.14. The standard InChI is InChI=1S/C12H17N3O/c1-14(9-2-3-9)12(16)11-6-8(13)7-15(11)10-4-5-10/h6-7,9-10H,2-5,13H2,1H3. The lowest BCUT2D eigenvalue weighted by molar-refractivity contribution is 0.0774. The molecular formula is C12H17N3O. The Morgan fingerprint density at radius 1 is 1.44 bits per heavy atom. The van der Waals surface area contributed by atoms with Crippen molar-refractivity contribution in [3.63, 3.8) is 0 Å². The quantitative estimate of drug-likeness (QED) is 0.840. The van der Waals surface area contributed by atoms with E-state index in [4.69, 9.17) is 5.73 Å². The number of nitrogen functional groups attached to an aromatic ring is 1. The minimum Gasteiger partial charge on any atom is -0.397 e. The van der Waals surface area contributed by atoms with Crippen LogP contribution in [0.5, 0.6) is 0 Å². The second kappa shape index (κ2) is 3.27. The number of carbonyl (C=O) groups is 1. The summed E-state index contributed by atoms with van der Waals surface area (Å²) in [5.74, 6) is 0.117. The van der Waals surface area contributed by atoms with Crippen LogP contribution in [0.2, 0.25) is 0 Å². The zero-order valence-corrected chi connectivity index (χ0v) is 9.52. The first-order valence-electron chi connectivity index (χ1n) is 5.91. The van der Waals surface area contributed by atoms with Crippen LogP contribution in [0.3, 0.4) is 0 Å². The second-order valence-corrected chi connectivity index (χ2v) is 4.94. The average molecular weight is 219 g/mol. The monoisotopic (exact) mass is 219 g/mol. The molecule has 2 saturated carbocycles. The molecule has 2 N–H and O–H groups in total. The molecule has 0 saturated heterocycles. The first-order valence-corrected chi connectivity index (χ1v) is 5.91. The fourth-order valence-corrected chi connectivity index (χ4v) is 2.14. The molecule has 0 bridgehead atoms. The maximum Gasteiger partial charge on any atom is 0.270 e. The van der Waals surface area contributed by atoms with E-state index < -0.39 is 0 Å². The second-order valence-electron chi connectivity index (χ2n) is 4.94. The van der Waals surface area contributed by atoms with Crippen molar-refractivity contribution in [2.45, 2.75) is 37.8 Å². The Bertz CT molecular complexity index is 429. The Labute approximate surface area is 95.0 Å². The normalized spacial score (nSPS) is 19.8. The highest BCUT2D eigenvalue weighted by Gasteiger charge is 2.33. The lowest BCUT2D eigenvalue weighted by Gasteiger charge is -2.17. The number of carbonyl (C=O) groups excluding carboxylic acids is 1. The lowest BCUT2D eigenvalue weighted by Crippen LogP contribution is -2.30. The van der Waals surface area contributed by atoms with Gasteiger partial charge >= 0.3 is 0 Å². The summed E-state index contributed by atoms with van der Waals surface area (Å²) < 4.78 is 2.05. The molecule has 16 heavy (non-hydrogen) atoms. The summed E-state index contributed by atoms with van der Waals surface area (Å²) in [5.41, 5.74) is 7.24. The average Bonchev–Trinajstić information content (AvgIpc) is 3.13. The molecule has 3 rings (SSSR count). The number of hydrogen-bond acceptors (Lipinski definition) is 2. The van der Waals surface area contributed by atoms with E-state index in [1.807, 2.05) is 18.1 Å². The van der Waals surface area contributed by atoms with E-state index in [0.29, 0.717) is 17.8 Å². The summed E-state index contributed by atoms with van der Waals surface area (Å²) in [6.45, 7) is 0. The molecule has 1 aromatic rings. The highest BCUT2D eigenvalue weighted by Crippen LogP contribution is 2.38. The molecule has 0 radical (unpaired) electrons. The van der Waals surface area contributed by atoms with Gasteiger partial charge in [-0.05, 0) is 31.7 Å². The Balaban J connectivity index is 1.88. The SMILES string of the molecule is CN(C(=O)c1cc(N)cn1C1CC1)C1CC1. The van der Waals surface area contributed by atoms with Gasteiger partial charge in [0.15, 0.2) is 0 Å². The van der Waals surface area contributed by atoms with E-state index in [1.165, 1.54) is 12.8 Å². The highest BCUT2D eigenvalue weighted by molar-refractivity contribution is 5.94. The van der Waals surface area contributed by atoms with E-state index in [9.17, 15) is 4.79 Å². The van der Waals surface area contributed by atoms with E-state index >= 15 is 0 Å². The van der Waals surface area contributed by atoms with Crippen molar-refractivity contribution in [1.82, 2.24) is 9.47 Å². The number of rotatable bonds is 3. The maximum atomic E-state index is 12.2. The Kier molecular flexibility index (Phi) is 1.99. The minimum atomic E-state index is 0.117. The van der Waals surface area contributed by atoms with Crippen molar-refractivity contribution in [1.29, 1.82) is 0 Å². The van der Waals surface area contributed by atoms with Gasteiger partial charge in [0.05, 0.1) is 5.69 Å². The summed E-state index contributed by atoms with van der Waals surface area (Å²) in [7, 11) is 1.89. The molecule has 2 aliphatic carbocycles. The van der Waals surface area contributed by atoms with E-state index in [2.05, 4.69) is 4.57 Å². The van der Waals surface area contributed by atoms with Crippen molar-refractivity contribution in [3.05, 3.63) is 18.0 Å². The summed E-state index contributed by atoms with van der Waals surface area (Å²) >= 11 is 0. The minimum absolute atomic E-state index is 0.117. The number of nitrogens with zero attached hydrogens (tertiary/aromatic N) is 2. The number of amides is 1. The molecular weight excluding hydrogens is 202 g/mol. The van der Waals surface area contributed by atoms with Gasteiger partial charge in [-0.15, -0.1) is 0 Å². The topological polar surface area (TPSA) is 51.3 Å². The van der Waals surface area contributed by atoms with Crippen LogP contribution in [-0.4, -0.2) is 28.5 Å². The summed E-state index contributed by atoms with van der Waals surface area (Å²) in [6, 6.07) is 2.76. The van der Waals surface area contributed by atoms with E-state index in [1.54, 1.807) is 6.07 Å². The third-order valence-corrected chi connectivity index (χ3v) is 3.44. The zero-order valence-electron chi connectivity index (χ0n) is 9.52. The molecule has 2 aliphatic rings. The van der Waals surface area contributed by atoms with Gasteiger partial charge in [0, 0.05) is 25.3 Å². The molecule has 0 atom stereocenters. The first-order chi connectivity index (χ1) is 7.66. The molecule has 1 aromatic heterocycles. The number of hydrogen-bond donors (Lipinski definition) is 1. The fraction of sp³-hybridized carbons (Fsp3) is 0.583. The van der Waals surface area contributed by atoms with Gasteiger partial charge in [-0.3, -0.25) is 4.79 Å².